The number of rotatable bonds is 2. The number of carbonyl (C=O) groups excluding carboxylic acids is 2. The maximum atomic E-state index is 12.4. The number of carbonyl (C=O) groups is 2. The topological polar surface area (TPSA) is 108 Å². The first kappa shape index (κ1) is 15.9. The van der Waals surface area contributed by atoms with E-state index >= 15 is 0 Å². The molecule has 3 N–H and O–H groups in total. The standard InChI is InChI=1S/C15H12BrN5O3/c1-8-2-3-12-18-6-10(15(24)21(12)7-8)13(22)19-20-14(23)11-4-9(16)5-17-11/h2-7,17H,1H3,(H,19,22)(H,20,23). The molecule has 0 bridgehead atoms. The summed E-state index contributed by atoms with van der Waals surface area (Å²) in [5.74, 6) is -1.29. The number of amides is 2. The molecule has 122 valence electrons. The molecule has 2 amide bonds. The van der Waals surface area contributed by atoms with E-state index in [9.17, 15) is 14.4 Å². The second-order valence-electron chi connectivity index (χ2n) is 5.05. The number of nitrogens with zero attached hydrogens (tertiary/aromatic N) is 2. The average Bonchev–Trinajstić information content (AvgIpc) is 3.00. The summed E-state index contributed by atoms with van der Waals surface area (Å²) in [7, 11) is 0. The third kappa shape index (κ3) is 3.06. The van der Waals surface area contributed by atoms with E-state index in [4.69, 9.17) is 0 Å². The van der Waals surface area contributed by atoms with E-state index in [2.05, 4.69) is 36.7 Å². The lowest BCUT2D eigenvalue weighted by Gasteiger charge is -2.07. The lowest BCUT2D eigenvalue weighted by Crippen LogP contribution is -2.43. The summed E-state index contributed by atoms with van der Waals surface area (Å²) in [6, 6.07) is 5.05. The van der Waals surface area contributed by atoms with Crippen molar-refractivity contribution in [1.82, 2.24) is 25.2 Å². The Kier molecular flexibility index (Phi) is 4.17. The van der Waals surface area contributed by atoms with Gasteiger partial charge in [-0.15, -0.1) is 0 Å². The Morgan fingerprint density at radius 2 is 2.00 bits per heavy atom. The fourth-order valence-corrected chi connectivity index (χ4v) is 2.43. The highest BCUT2D eigenvalue weighted by atomic mass is 79.9. The highest BCUT2D eigenvalue weighted by Gasteiger charge is 2.15. The number of H-pyrrole nitrogens is 1. The molecule has 0 fully saturated rings. The molecule has 8 nitrogen and oxygen atoms in total. The third-order valence-corrected chi connectivity index (χ3v) is 3.73. The van der Waals surface area contributed by atoms with Crippen LogP contribution >= 0.6 is 15.9 Å². The van der Waals surface area contributed by atoms with Crippen LogP contribution in [0.1, 0.15) is 26.4 Å². The van der Waals surface area contributed by atoms with Crippen LogP contribution in [-0.2, 0) is 0 Å². The number of hydrazine groups is 1. The molecule has 0 unspecified atom stereocenters. The molecule has 0 saturated heterocycles. The van der Waals surface area contributed by atoms with Crippen molar-refractivity contribution >= 4 is 33.4 Å². The van der Waals surface area contributed by atoms with Gasteiger partial charge in [-0.2, -0.15) is 0 Å². The predicted molar refractivity (Wildman–Crippen MR) is 89.6 cm³/mol. The lowest BCUT2D eigenvalue weighted by molar-refractivity contribution is 0.0843. The molecule has 0 atom stereocenters. The smallest absolute Gasteiger partial charge is 0.286 e. The summed E-state index contributed by atoms with van der Waals surface area (Å²) in [6.07, 6.45) is 4.36. The van der Waals surface area contributed by atoms with Crippen LogP contribution in [0.25, 0.3) is 5.65 Å². The van der Waals surface area contributed by atoms with E-state index in [1.807, 2.05) is 13.0 Å². The van der Waals surface area contributed by atoms with Gasteiger partial charge in [0.25, 0.3) is 17.4 Å². The molecule has 3 aromatic heterocycles. The monoisotopic (exact) mass is 389 g/mol. The van der Waals surface area contributed by atoms with E-state index in [1.165, 1.54) is 10.6 Å². The van der Waals surface area contributed by atoms with Gasteiger partial charge in [0.05, 0.1) is 0 Å². The molecule has 0 aliphatic carbocycles. The zero-order chi connectivity index (χ0) is 17.3. The number of nitrogens with one attached hydrogen (secondary N) is 3. The van der Waals surface area contributed by atoms with Gasteiger partial charge >= 0.3 is 0 Å². The van der Waals surface area contributed by atoms with Gasteiger partial charge in [0, 0.05) is 23.1 Å². The number of halogens is 1. The van der Waals surface area contributed by atoms with Crippen LogP contribution in [-0.4, -0.2) is 26.2 Å². The lowest BCUT2D eigenvalue weighted by atomic mass is 10.3. The van der Waals surface area contributed by atoms with Crippen LogP contribution < -0.4 is 16.4 Å². The fraction of sp³-hybridized carbons (Fsp3) is 0.0667. The number of pyridine rings is 1. The molecular formula is C15H12BrN5O3. The van der Waals surface area contributed by atoms with Gasteiger partial charge in [-0.1, -0.05) is 6.07 Å². The van der Waals surface area contributed by atoms with Crippen LogP contribution in [0, 0.1) is 6.92 Å². The Balaban J connectivity index is 1.80. The molecule has 0 aromatic carbocycles. The zero-order valence-electron chi connectivity index (χ0n) is 12.5. The molecular weight excluding hydrogens is 378 g/mol. The minimum Gasteiger partial charge on any atom is -0.356 e. The minimum atomic E-state index is -0.748. The molecule has 0 radical (unpaired) electrons. The van der Waals surface area contributed by atoms with Crippen LogP contribution in [0.15, 0.2) is 46.1 Å². The van der Waals surface area contributed by atoms with Gasteiger partial charge in [0.1, 0.15) is 16.9 Å². The number of hydrogen-bond donors (Lipinski definition) is 3. The Bertz CT molecular complexity index is 1010. The van der Waals surface area contributed by atoms with E-state index in [1.54, 1.807) is 24.5 Å². The maximum Gasteiger partial charge on any atom is 0.286 e. The fourth-order valence-electron chi connectivity index (χ4n) is 2.09. The maximum absolute atomic E-state index is 12.4. The van der Waals surface area contributed by atoms with Crippen LogP contribution in [0.5, 0.6) is 0 Å². The third-order valence-electron chi connectivity index (χ3n) is 3.28. The molecule has 24 heavy (non-hydrogen) atoms. The van der Waals surface area contributed by atoms with Crippen molar-refractivity contribution in [3.8, 4) is 0 Å². The van der Waals surface area contributed by atoms with Crippen LogP contribution in [0.3, 0.4) is 0 Å². The minimum absolute atomic E-state index is 0.175. The predicted octanol–water partition coefficient (Wildman–Crippen LogP) is 1.17. The number of hydrogen-bond acceptors (Lipinski definition) is 4. The molecule has 0 saturated carbocycles. The molecule has 9 heteroatoms. The van der Waals surface area contributed by atoms with Gasteiger partial charge in [0.2, 0.25) is 0 Å². The zero-order valence-corrected chi connectivity index (χ0v) is 14.0. The number of fused-ring (bicyclic) bond motifs is 1. The number of aromatic amines is 1. The second kappa shape index (κ2) is 6.28. The molecule has 3 heterocycles. The van der Waals surface area contributed by atoms with E-state index in [0.29, 0.717) is 10.1 Å². The van der Waals surface area contributed by atoms with Crippen LogP contribution in [0.2, 0.25) is 0 Å². The first-order valence-electron chi connectivity index (χ1n) is 6.88. The van der Waals surface area contributed by atoms with Crippen molar-refractivity contribution in [2.45, 2.75) is 6.92 Å². The number of aryl methyl sites for hydroxylation is 1. The van der Waals surface area contributed by atoms with Gasteiger partial charge in [-0.25, -0.2) is 4.98 Å². The van der Waals surface area contributed by atoms with Gasteiger partial charge in [-0.3, -0.25) is 29.6 Å². The molecule has 3 aromatic rings. The molecule has 3 rings (SSSR count). The molecule has 0 aliphatic rings. The quantitative estimate of drug-likeness (QED) is 0.571. The van der Waals surface area contributed by atoms with Crippen molar-refractivity contribution in [1.29, 1.82) is 0 Å². The summed E-state index contributed by atoms with van der Waals surface area (Å²) in [6.45, 7) is 1.83. The Hall–Kier alpha value is -2.94. The summed E-state index contributed by atoms with van der Waals surface area (Å²) < 4.78 is 1.99. The van der Waals surface area contributed by atoms with Crippen molar-refractivity contribution < 1.29 is 9.59 Å². The van der Waals surface area contributed by atoms with Gasteiger partial charge in [0.15, 0.2) is 0 Å². The SMILES string of the molecule is Cc1ccc2ncc(C(=O)NNC(=O)c3cc(Br)c[nH]3)c(=O)n2c1. The van der Waals surface area contributed by atoms with E-state index < -0.39 is 17.4 Å². The molecule has 0 aliphatic heterocycles. The summed E-state index contributed by atoms with van der Waals surface area (Å²) in [4.78, 5) is 43.2. The van der Waals surface area contributed by atoms with Crippen molar-refractivity contribution in [3.63, 3.8) is 0 Å². The summed E-state index contributed by atoms with van der Waals surface area (Å²) in [5.41, 5.74) is 5.28. The van der Waals surface area contributed by atoms with Crippen LogP contribution in [0.4, 0.5) is 0 Å². The summed E-state index contributed by atoms with van der Waals surface area (Å²) >= 11 is 3.20. The van der Waals surface area contributed by atoms with Gasteiger partial charge < -0.3 is 4.98 Å². The Morgan fingerprint density at radius 1 is 1.25 bits per heavy atom. The first-order chi connectivity index (χ1) is 11.5. The van der Waals surface area contributed by atoms with Crippen molar-refractivity contribution in [2.75, 3.05) is 0 Å². The van der Waals surface area contributed by atoms with Gasteiger partial charge in [-0.05, 0) is 40.5 Å². The van der Waals surface area contributed by atoms with E-state index in [-0.39, 0.29) is 11.3 Å². The highest BCUT2D eigenvalue weighted by molar-refractivity contribution is 9.10. The Morgan fingerprint density at radius 3 is 2.71 bits per heavy atom. The highest BCUT2D eigenvalue weighted by Crippen LogP contribution is 2.10. The van der Waals surface area contributed by atoms with Crippen molar-refractivity contribution in [3.05, 3.63) is 68.4 Å². The van der Waals surface area contributed by atoms with Crippen molar-refractivity contribution in [2.24, 2.45) is 0 Å². The Labute approximate surface area is 144 Å². The summed E-state index contributed by atoms with van der Waals surface area (Å²) in [5, 5.41) is 0. The molecule has 0 spiro atoms. The second-order valence-corrected chi connectivity index (χ2v) is 5.97. The number of aromatic nitrogens is 3. The van der Waals surface area contributed by atoms with E-state index in [0.717, 1.165) is 5.56 Å². The largest absolute Gasteiger partial charge is 0.356 e. The first-order valence-corrected chi connectivity index (χ1v) is 7.67. The average molecular weight is 390 g/mol. The normalized spacial score (nSPS) is 10.6.